The number of phenolic OH excluding ortho intramolecular Hbond substituents is 1. The third kappa shape index (κ3) is 1.44. The highest BCUT2D eigenvalue weighted by Crippen LogP contribution is 2.31. The third-order valence-electron chi connectivity index (χ3n) is 1.51. The van der Waals surface area contributed by atoms with Gasteiger partial charge in [0.05, 0.1) is 12.7 Å². The molecular formula is C8H6F2O3. The average Bonchev–Trinajstić information content (AvgIpc) is 2.13. The zero-order valence-electron chi connectivity index (χ0n) is 6.67. The van der Waals surface area contributed by atoms with E-state index in [2.05, 4.69) is 4.74 Å². The molecule has 0 bridgehead atoms. The highest BCUT2D eigenvalue weighted by molar-refractivity contribution is 5.80. The van der Waals surface area contributed by atoms with Crippen molar-refractivity contribution in [1.29, 1.82) is 0 Å². The molecule has 0 unspecified atom stereocenters. The molecule has 1 aromatic rings. The van der Waals surface area contributed by atoms with Crippen LogP contribution in [0.1, 0.15) is 10.4 Å². The van der Waals surface area contributed by atoms with E-state index >= 15 is 0 Å². The summed E-state index contributed by atoms with van der Waals surface area (Å²) in [5.74, 6) is -4.08. The monoisotopic (exact) mass is 188 g/mol. The minimum atomic E-state index is -1.27. The van der Waals surface area contributed by atoms with Crippen molar-refractivity contribution in [2.24, 2.45) is 0 Å². The molecule has 0 spiro atoms. The Morgan fingerprint density at radius 2 is 2.15 bits per heavy atom. The van der Waals surface area contributed by atoms with Gasteiger partial charge in [-0.25, -0.2) is 4.39 Å². The van der Waals surface area contributed by atoms with Gasteiger partial charge in [0.25, 0.3) is 0 Å². The predicted molar refractivity (Wildman–Crippen MR) is 40.0 cm³/mol. The number of ether oxygens (including phenoxy) is 1. The molecule has 5 heteroatoms. The molecule has 1 rings (SSSR count). The maximum absolute atomic E-state index is 12.9. The third-order valence-corrected chi connectivity index (χ3v) is 1.51. The summed E-state index contributed by atoms with van der Waals surface area (Å²) in [5, 5.41) is 8.79. The number of halogens is 2. The first-order valence-electron chi connectivity index (χ1n) is 3.32. The van der Waals surface area contributed by atoms with Crippen molar-refractivity contribution >= 4 is 6.29 Å². The minimum Gasteiger partial charge on any atom is -0.503 e. The van der Waals surface area contributed by atoms with E-state index in [-0.39, 0.29) is 11.8 Å². The highest BCUT2D eigenvalue weighted by Gasteiger charge is 2.17. The SMILES string of the molecule is COc1c(C=O)cc(F)c(O)c1F. The average molecular weight is 188 g/mol. The Morgan fingerprint density at radius 3 is 2.62 bits per heavy atom. The van der Waals surface area contributed by atoms with Gasteiger partial charge in [-0.05, 0) is 6.07 Å². The van der Waals surface area contributed by atoms with Gasteiger partial charge in [0.15, 0.2) is 23.6 Å². The number of hydrogen-bond acceptors (Lipinski definition) is 3. The van der Waals surface area contributed by atoms with E-state index in [9.17, 15) is 13.6 Å². The molecule has 1 N–H and O–H groups in total. The molecule has 1 aromatic carbocycles. The zero-order valence-corrected chi connectivity index (χ0v) is 6.67. The van der Waals surface area contributed by atoms with Crippen molar-refractivity contribution in [3.05, 3.63) is 23.3 Å². The van der Waals surface area contributed by atoms with Gasteiger partial charge >= 0.3 is 0 Å². The lowest BCUT2D eigenvalue weighted by molar-refractivity contribution is 0.111. The van der Waals surface area contributed by atoms with Crippen molar-refractivity contribution < 1.29 is 23.4 Å². The molecule has 0 saturated carbocycles. The van der Waals surface area contributed by atoms with Gasteiger partial charge in [-0.15, -0.1) is 0 Å². The Hall–Kier alpha value is -1.65. The van der Waals surface area contributed by atoms with Crippen molar-refractivity contribution in [3.63, 3.8) is 0 Å². The van der Waals surface area contributed by atoms with Crippen LogP contribution in [0.15, 0.2) is 6.07 Å². The number of carbonyl (C=O) groups is 1. The molecule has 70 valence electrons. The quantitative estimate of drug-likeness (QED) is 0.715. The normalized spacial score (nSPS) is 9.77. The second-order valence-electron chi connectivity index (χ2n) is 2.26. The summed E-state index contributed by atoms with van der Waals surface area (Å²) >= 11 is 0. The Balaban J connectivity index is 3.47. The van der Waals surface area contributed by atoms with Gasteiger partial charge in [-0.1, -0.05) is 0 Å². The topological polar surface area (TPSA) is 46.5 Å². The van der Waals surface area contributed by atoms with Gasteiger partial charge in [-0.2, -0.15) is 4.39 Å². The summed E-state index contributed by atoms with van der Waals surface area (Å²) in [6.45, 7) is 0. The Bertz CT molecular complexity index is 350. The number of rotatable bonds is 2. The fourth-order valence-electron chi connectivity index (χ4n) is 0.905. The summed E-state index contributed by atoms with van der Waals surface area (Å²) in [7, 11) is 1.11. The summed E-state index contributed by atoms with van der Waals surface area (Å²) in [5.41, 5.74) is -0.282. The van der Waals surface area contributed by atoms with Crippen molar-refractivity contribution in [1.82, 2.24) is 0 Å². The Kier molecular flexibility index (Phi) is 2.46. The lowest BCUT2D eigenvalue weighted by atomic mass is 10.2. The number of aldehydes is 1. The molecule has 0 aromatic heterocycles. The van der Waals surface area contributed by atoms with Gasteiger partial charge in [0.2, 0.25) is 5.82 Å². The maximum atomic E-state index is 12.9. The number of phenols is 1. The van der Waals surface area contributed by atoms with E-state index < -0.39 is 23.1 Å². The standard InChI is InChI=1S/C8H6F2O3/c1-13-8-4(3-11)2-5(9)7(12)6(8)10/h2-3,12H,1H3. The number of benzene rings is 1. The van der Waals surface area contributed by atoms with Crippen LogP contribution < -0.4 is 4.74 Å². The van der Waals surface area contributed by atoms with E-state index in [4.69, 9.17) is 5.11 Å². The van der Waals surface area contributed by atoms with E-state index in [0.29, 0.717) is 6.07 Å². The number of carbonyl (C=O) groups excluding carboxylic acids is 1. The van der Waals surface area contributed by atoms with Crippen LogP contribution >= 0.6 is 0 Å². The molecule has 0 saturated heterocycles. The van der Waals surface area contributed by atoms with Crippen LogP contribution in [0.4, 0.5) is 8.78 Å². The molecule has 0 aliphatic heterocycles. The molecule has 0 atom stereocenters. The molecule has 0 aliphatic rings. The molecule has 0 heterocycles. The van der Waals surface area contributed by atoms with Crippen LogP contribution in [-0.2, 0) is 0 Å². The van der Waals surface area contributed by atoms with Crippen LogP contribution in [-0.4, -0.2) is 18.5 Å². The molecule has 3 nitrogen and oxygen atoms in total. The summed E-state index contributed by atoms with van der Waals surface area (Å²) in [6, 6.07) is 0.699. The molecule has 13 heavy (non-hydrogen) atoms. The van der Waals surface area contributed by atoms with Crippen LogP contribution in [0.2, 0.25) is 0 Å². The van der Waals surface area contributed by atoms with Crippen molar-refractivity contribution in [2.75, 3.05) is 7.11 Å². The second kappa shape index (κ2) is 3.38. The first kappa shape index (κ1) is 9.44. The summed E-state index contributed by atoms with van der Waals surface area (Å²) in [6.07, 6.45) is 0.241. The van der Waals surface area contributed by atoms with Crippen molar-refractivity contribution in [2.45, 2.75) is 0 Å². The fraction of sp³-hybridized carbons (Fsp3) is 0.125. The zero-order chi connectivity index (χ0) is 10.0. The first-order valence-corrected chi connectivity index (χ1v) is 3.32. The number of hydrogen-bond donors (Lipinski definition) is 1. The van der Waals surface area contributed by atoms with Crippen LogP contribution in [0.25, 0.3) is 0 Å². The largest absolute Gasteiger partial charge is 0.503 e. The lowest BCUT2D eigenvalue weighted by Gasteiger charge is -2.06. The van der Waals surface area contributed by atoms with Crippen molar-refractivity contribution in [3.8, 4) is 11.5 Å². The molecule has 0 radical (unpaired) electrons. The molecule has 0 amide bonds. The molecule has 0 aliphatic carbocycles. The van der Waals surface area contributed by atoms with Crippen LogP contribution in [0, 0.1) is 11.6 Å². The van der Waals surface area contributed by atoms with Gasteiger partial charge < -0.3 is 9.84 Å². The lowest BCUT2D eigenvalue weighted by Crippen LogP contribution is -1.96. The highest BCUT2D eigenvalue weighted by atomic mass is 19.1. The fourth-order valence-corrected chi connectivity index (χ4v) is 0.905. The molecule has 0 fully saturated rings. The maximum Gasteiger partial charge on any atom is 0.210 e. The van der Waals surface area contributed by atoms with E-state index in [1.165, 1.54) is 0 Å². The van der Waals surface area contributed by atoms with Gasteiger partial charge in [0, 0.05) is 0 Å². The second-order valence-corrected chi connectivity index (χ2v) is 2.26. The van der Waals surface area contributed by atoms with Gasteiger partial charge in [-0.3, -0.25) is 4.79 Å². The van der Waals surface area contributed by atoms with E-state index in [1.807, 2.05) is 0 Å². The Morgan fingerprint density at radius 1 is 1.54 bits per heavy atom. The number of aromatic hydroxyl groups is 1. The van der Waals surface area contributed by atoms with E-state index in [0.717, 1.165) is 7.11 Å². The predicted octanol–water partition coefficient (Wildman–Crippen LogP) is 1.49. The van der Waals surface area contributed by atoms with Gasteiger partial charge in [0.1, 0.15) is 0 Å². The molecular weight excluding hydrogens is 182 g/mol. The van der Waals surface area contributed by atoms with Crippen LogP contribution in [0.3, 0.4) is 0 Å². The minimum absolute atomic E-state index is 0.241. The van der Waals surface area contributed by atoms with E-state index in [1.54, 1.807) is 0 Å². The summed E-state index contributed by atoms with van der Waals surface area (Å²) in [4.78, 5) is 10.3. The summed E-state index contributed by atoms with van der Waals surface area (Å²) < 4.78 is 30.0. The number of methoxy groups -OCH3 is 1. The smallest absolute Gasteiger partial charge is 0.210 e. The first-order chi connectivity index (χ1) is 6.11. The Labute approximate surface area is 72.6 Å². The van der Waals surface area contributed by atoms with Crippen LogP contribution in [0.5, 0.6) is 11.5 Å².